The number of primary amides is 1. The molecule has 2 aliphatic rings. The minimum Gasteiger partial charge on any atom is -0.381 e. The van der Waals surface area contributed by atoms with E-state index < -0.39 is 5.91 Å². The van der Waals surface area contributed by atoms with Gasteiger partial charge >= 0.3 is 0 Å². The summed E-state index contributed by atoms with van der Waals surface area (Å²) in [6.45, 7) is 2.40. The Kier molecular flexibility index (Phi) is 3.85. The van der Waals surface area contributed by atoms with E-state index in [1.165, 1.54) is 38.8 Å². The van der Waals surface area contributed by atoms with E-state index in [2.05, 4.69) is 10.2 Å². The van der Waals surface area contributed by atoms with Gasteiger partial charge in [0.2, 0.25) is 5.91 Å². The highest BCUT2D eigenvalue weighted by molar-refractivity contribution is 6.34. The Morgan fingerprint density at radius 2 is 2.15 bits per heavy atom. The highest BCUT2D eigenvalue weighted by Gasteiger charge is 2.35. The predicted octanol–water partition coefficient (Wildman–Crippen LogP) is 2.48. The molecule has 2 heterocycles. The van der Waals surface area contributed by atoms with Crippen molar-refractivity contribution in [2.75, 3.05) is 18.4 Å². The summed E-state index contributed by atoms with van der Waals surface area (Å²) in [7, 11) is 0. The number of nitrogens with two attached hydrogens (primary N) is 1. The Hall–Kier alpha value is -1.26. The molecule has 0 bridgehead atoms. The average molecular weight is 294 g/mol. The largest absolute Gasteiger partial charge is 0.381 e. The summed E-state index contributed by atoms with van der Waals surface area (Å²) in [6, 6.07) is 6.50. The minimum absolute atomic E-state index is 0.378. The number of fused-ring (bicyclic) bond motifs is 1. The number of anilines is 1. The molecule has 0 spiro atoms. The van der Waals surface area contributed by atoms with Gasteiger partial charge in [-0.2, -0.15) is 0 Å². The molecular formula is C15H20ClN3O. The number of rotatable bonds is 3. The molecule has 2 fully saturated rings. The second kappa shape index (κ2) is 5.62. The van der Waals surface area contributed by atoms with Crippen LogP contribution in [0.25, 0.3) is 0 Å². The van der Waals surface area contributed by atoms with E-state index in [1.807, 2.05) is 6.07 Å². The van der Waals surface area contributed by atoms with Gasteiger partial charge in [0.25, 0.3) is 0 Å². The third-order valence-electron chi connectivity index (χ3n) is 4.44. The van der Waals surface area contributed by atoms with Crippen LogP contribution in [0.3, 0.4) is 0 Å². The number of benzene rings is 1. The van der Waals surface area contributed by atoms with Crippen molar-refractivity contribution in [3.05, 3.63) is 28.8 Å². The fourth-order valence-corrected chi connectivity index (χ4v) is 3.71. The zero-order valence-electron chi connectivity index (χ0n) is 11.4. The maximum absolute atomic E-state index is 11.2. The van der Waals surface area contributed by atoms with Crippen LogP contribution < -0.4 is 11.1 Å². The Morgan fingerprint density at radius 3 is 2.90 bits per heavy atom. The second-order valence-corrected chi connectivity index (χ2v) is 6.10. The third-order valence-corrected chi connectivity index (χ3v) is 4.76. The minimum atomic E-state index is -0.485. The van der Waals surface area contributed by atoms with Crippen LogP contribution in [0.15, 0.2) is 18.2 Å². The Balaban J connectivity index is 1.72. The molecule has 2 saturated heterocycles. The van der Waals surface area contributed by atoms with Gasteiger partial charge in [-0.1, -0.05) is 18.0 Å². The van der Waals surface area contributed by atoms with E-state index in [9.17, 15) is 4.79 Å². The predicted molar refractivity (Wildman–Crippen MR) is 81.2 cm³/mol. The van der Waals surface area contributed by atoms with Crippen LogP contribution in [0.5, 0.6) is 0 Å². The van der Waals surface area contributed by atoms with Gasteiger partial charge in [-0.3, -0.25) is 9.69 Å². The molecule has 1 aromatic carbocycles. The molecule has 0 aromatic heterocycles. The van der Waals surface area contributed by atoms with Gasteiger partial charge in [-0.25, -0.2) is 0 Å². The quantitative estimate of drug-likeness (QED) is 0.900. The topological polar surface area (TPSA) is 58.4 Å². The molecule has 2 atom stereocenters. The lowest BCUT2D eigenvalue weighted by Gasteiger charge is -2.33. The molecule has 0 radical (unpaired) electrons. The first-order valence-corrected chi connectivity index (χ1v) is 7.63. The molecule has 1 aromatic rings. The van der Waals surface area contributed by atoms with E-state index in [0.29, 0.717) is 22.7 Å². The normalized spacial score (nSPS) is 26.2. The van der Waals surface area contributed by atoms with Crippen molar-refractivity contribution in [1.82, 2.24) is 4.90 Å². The lowest BCUT2D eigenvalue weighted by atomic mass is 9.99. The van der Waals surface area contributed by atoms with Gasteiger partial charge in [0.15, 0.2) is 0 Å². The van der Waals surface area contributed by atoms with Crippen LogP contribution in [-0.4, -0.2) is 36.0 Å². The highest BCUT2D eigenvalue weighted by atomic mass is 35.5. The number of nitrogens with zero attached hydrogens (tertiary/aromatic N) is 1. The molecule has 3 rings (SSSR count). The van der Waals surface area contributed by atoms with Crippen molar-refractivity contribution in [1.29, 1.82) is 0 Å². The number of hydrogen-bond donors (Lipinski definition) is 2. The summed E-state index contributed by atoms with van der Waals surface area (Å²) in [5, 5.41) is 3.99. The molecular weight excluding hydrogens is 274 g/mol. The van der Waals surface area contributed by atoms with E-state index in [4.69, 9.17) is 17.3 Å². The number of carbonyl (C=O) groups is 1. The van der Waals surface area contributed by atoms with Crippen LogP contribution >= 0.6 is 11.6 Å². The van der Waals surface area contributed by atoms with E-state index in [-0.39, 0.29) is 0 Å². The first-order chi connectivity index (χ1) is 9.65. The van der Waals surface area contributed by atoms with Gasteiger partial charge in [-0.15, -0.1) is 0 Å². The maximum Gasteiger partial charge on any atom is 0.250 e. The first-order valence-electron chi connectivity index (χ1n) is 7.25. The van der Waals surface area contributed by atoms with Gasteiger partial charge in [-0.05, 0) is 44.0 Å². The van der Waals surface area contributed by atoms with Gasteiger partial charge in [0, 0.05) is 24.3 Å². The molecule has 20 heavy (non-hydrogen) atoms. The molecule has 1 amide bonds. The van der Waals surface area contributed by atoms with Crippen molar-refractivity contribution < 1.29 is 4.79 Å². The lowest BCUT2D eigenvalue weighted by molar-refractivity contribution is 0.100. The average Bonchev–Trinajstić information content (AvgIpc) is 2.82. The SMILES string of the molecule is NC(=O)c1ccc(NC2CCN3CCCCC23)cc1Cl. The summed E-state index contributed by atoms with van der Waals surface area (Å²) in [6.07, 6.45) is 5.08. The molecule has 3 N–H and O–H groups in total. The molecule has 0 saturated carbocycles. The lowest BCUT2D eigenvalue weighted by Crippen LogP contribution is -2.41. The summed E-state index contributed by atoms with van der Waals surface area (Å²) in [5.74, 6) is -0.485. The van der Waals surface area contributed by atoms with Crippen molar-refractivity contribution >= 4 is 23.2 Å². The van der Waals surface area contributed by atoms with Crippen LogP contribution in [0.1, 0.15) is 36.0 Å². The standard InChI is InChI=1S/C15H20ClN3O/c16-12-9-10(4-5-11(12)15(17)20)18-13-6-8-19-7-2-1-3-14(13)19/h4-5,9,13-14,18H,1-3,6-8H2,(H2,17,20). The number of hydrogen-bond acceptors (Lipinski definition) is 3. The third kappa shape index (κ3) is 2.63. The number of nitrogens with one attached hydrogen (secondary N) is 1. The van der Waals surface area contributed by atoms with Gasteiger partial charge in [0.05, 0.1) is 10.6 Å². The molecule has 108 valence electrons. The molecule has 4 nitrogen and oxygen atoms in total. The van der Waals surface area contributed by atoms with Crippen molar-refractivity contribution in [3.8, 4) is 0 Å². The van der Waals surface area contributed by atoms with Crippen LogP contribution in [0.2, 0.25) is 5.02 Å². The fraction of sp³-hybridized carbons (Fsp3) is 0.533. The Labute approximate surface area is 124 Å². The van der Waals surface area contributed by atoms with Crippen molar-refractivity contribution in [3.63, 3.8) is 0 Å². The number of carbonyl (C=O) groups excluding carboxylic acids is 1. The summed E-state index contributed by atoms with van der Waals surface area (Å²) < 4.78 is 0. The summed E-state index contributed by atoms with van der Waals surface area (Å²) in [5.41, 5.74) is 6.61. The molecule has 0 aliphatic carbocycles. The van der Waals surface area contributed by atoms with Gasteiger partial charge in [0.1, 0.15) is 0 Å². The molecule has 2 unspecified atom stereocenters. The van der Waals surface area contributed by atoms with Crippen molar-refractivity contribution in [2.45, 2.75) is 37.8 Å². The van der Waals surface area contributed by atoms with Crippen molar-refractivity contribution in [2.24, 2.45) is 5.73 Å². The number of halogens is 1. The van der Waals surface area contributed by atoms with E-state index in [0.717, 1.165) is 5.69 Å². The summed E-state index contributed by atoms with van der Waals surface area (Å²) in [4.78, 5) is 13.8. The Morgan fingerprint density at radius 1 is 1.30 bits per heavy atom. The Bertz CT molecular complexity index is 520. The summed E-state index contributed by atoms with van der Waals surface area (Å²) >= 11 is 6.10. The zero-order chi connectivity index (χ0) is 14.1. The monoisotopic (exact) mass is 293 g/mol. The maximum atomic E-state index is 11.2. The highest BCUT2D eigenvalue weighted by Crippen LogP contribution is 2.30. The molecule has 2 aliphatic heterocycles. The van der Waals surface area contributed by atoms with Crippen LogP contribution in [0, 0.1) is 0 Å². The fourth-order valence-electron chi connectivity index (χ4n) is 3.43. The smallest absolute Gasteiger partial charge is 0.250 e. The van der Waals surface area contributed by atoms with Gasteiger partial charge < -0.3 is 11.1 Å². The zero-order valence-corrected chi connectivity index (χ0v) is 12.2. The second-order valence-electron chi connectivity index (χ2n) is 5.70. The number of piperidine rings is 1. The van der Waals surface area contributed by atoms with E-state index >= 15 is 0 Å². The van der Waals surface area contributed by atoms with Crippen LogP contribution in [0.4, 0.5) is 5.69 Å². The van der Waals surface area contributed by atoms with E-state index in [1.54, 1.807) is 12.1 Å². The number of amides is 1. The van der Waals surface area contributed by atoms with Crippen LogP contribution in [-0.2, 0) is 0 Å². The first kappa shape index (κ1) is 13.7. The molecule has 5 heteroatoms.